The zero-order valence-corrected chi connectivity index (χ0v) is 14.4. The third-order valence-electron chi connectivity index (χ3n) is 3.69. The number of hydrogen-bond acceptors (Lipinski definition) is 3. The van der Waals surface area contributed by atoms with Gasteiger partial charge in [0.15, 0.2) is 0 Å². The van der Waals surface area contributed by atoms with E-state index in [2.05, 4.69) is 69.2 Å². The summed E-state index contributed by atoms with van der Waals surface area (Å²) in [6, 6.07) is 12.8. The molecule has 0 fully saturated rings. The number of nitrogens with zero attached hydrogens (tertiary/aromatic N) is 2. The molecule has 4 heteroatoms. The maximum atomic E-state index is 4.44. The Balaban J connectivity index is 2.33. The Kier molecular flexibility index (Phi) is 5.76. The Hall–Kier alpha value is -1.39. The maximum Gasteiger partial charge on any atom is 0.0602 e. The predicted molar refractivity (Wildman–Crippen MR) is 92.6 cm³/mol. The van der Waals surface area contributed by atoms with Gasteiger partial charge in [-0.3, -0.25) is 4.98 Å². The van der Waals surface area contributed by atoms with E-state index in [4.69, 9.17) is 0 Å². The topological polar surface area (TPSA) is 28.2 Å². The van der Waals surface area contributed by atoms with Crippen LogP contribution in [0.3, 0.4) is 0 Å². The standard InChI is InChI=1S/C17H22BrN3/c1-4-21(12-15-7-5-6-10-20-15)17-9-8-14(18)11-16(17)13(2)19-3/h5-11,13,19H,4,12H2,1-3H3. The van der Waals surface area contributed by atoms with Gasteiger partial charge in [0.05, 0.1) is 12.2 Å². The summed E-state index contributed by atoms with van der Waals surface area (Å²) in [5.41, 5.74) is 3.64. The van der Waals surface area contributed by atoms with Crippen molar-refractivity contribution < 1.29 is 0 Å². The Bertz CT molecular complexity index is 572. The molecule has 0 radical (unpaired) electrons. The molecule has 0 aliphatic carbocycles. The summed E-state index contributed by atoms with van der Waals surface area (Å²) in [7, 11) is 1.99. The van der Waals surface area contributed by atoms with Crippen molar-refractivity contribution in [3.8, 4) is 0 Å². The first-order chi connectivity index (χ1) is 10.2. The third-order valence-corrected chi connectivity index (χ3v) is 4.18. The second kappa shape index (κ2) is 7.57. The molecule has 0 saturated carbocycles. The van der Waals surface area contributed by atoms with E-state index in [1.807, 2.05) is 25.4 Å². The fourth-order valence-corrected chi connectivity index (χ4v) is 2.75. The van der Waals surface area contributed by atoms with Crippen LogP contribution in [0.15, 0.2) is 47.1 Å². The highest BCUT2D eigenvalue weighted by atomic mass is 79.9. The van der Waals surface area contributed by atoms with E-state index >= 15 is 0 Å². The number of pyridine rings is 1. The van der Waals surface area contributed by atoms with Gasteiger partial charge >= 0.3 is 0 Å². The van der Waals surface area contributed by atoms with Gasteiger partial charge in [0.2, 0.25) is 0 Å². The SMILES string of the molecule is CCN(Cc1ccccn1)c1ccc(Br)cc1C(C)NC. The highest BCUT2D eigenvalue weighted by Crippen LogP contribution is 2.30. The number of aromatic nitrogens is 1. The molecule has 0 aliphatic heterocycles. The number of nitrogens with one attached hydrogen (secondary N) is 1. The maximum absolute atomic E-state index is 4.44. The van der Waals surface area contributed by atoms with E-state index in [0.29, 0.717) is 6.04 Å². The van der Waals surface area contributed by atoms with Crippen LogP contribution in [0, 0.1) is 0 Å². The minimum absolute atomic E-state index is 0.301. The second-order valence-electron chi connectivity index (χ2n) is 5.05. The van der Waals surface area contributed by atoms with Gasteiger partial charge in [0.1, 0.15) is 0 Å². The molecule has 1 aromatic heterocycles. The molecular formula is C17H22BrN3. The van der Waals surface area contributed by atoms with Crippen molar-refractivity contribution in [3.63, 3.8) is 0 Å². The lowest BCUT2D eigenvalue weighted by molar-refractivity contribution is 0.646. The van der Waals surface area contributed by atoms with Gasteiger partial charge in [0.25, 0.3) is 0 Å². The monoisotopic (exact) mass is 347 g/mol. The second-order valence-corrected chi connectivity index (χ2v) is 5.96. The molecule has 21 heavy (non-hydrogen) atoms. The predicted octanol–water partition coefficient (Wildman–Crippen LogP) is 4.15. The smallest absolute Gasteiger partial charge is 0.0602 e. The molecule has 0 spiro atoms. The van der Waals surface area contributed by atoms with Gasteiger partial charge in [0, 0.05) is 28.9 Å². The molecule has 112 valence electrons. The van der Waals surface area contributed by atoms with Crippen molar-refractivity contribution in [3.05, 3.63) is 58.3 Å². The largest absolute Gasteiger partial charge is 0.366 e. The quantitative estimate of drug-likeness (QED) is 0.850. The van der Waals surface area contributed by atoms with E-state index in [1.165, 1.54) is 11.3 Å². The lowest BCUT2D eigenvalue weighted by Gasteiger charge is -2.27. The highest BCUT2D eigenvalue weighted by Gasteiger charge is 2.15. The molecule has 0 amide bonds. The van der Waals surface area contributed by atoms with Crippen molar-refractivity contribution in [1.29, 1.82) is 0 Å². The molecule has 1 N–H and O–H groups in total. The van der Waals surface area contributed by atoms with E-state index in [9.17, 15) is 0 Å². The van der Waals surface area contributed by atoms with Crippen LogP contribution in [0.1, 0.15) is 31.1 Å². The summed E-state index contributed by atoms with van der Waals surface area (Å²) < 4.78 is 1.11. The summed E-state index contributed by atoms with van der Waals surface area (Å²) in [5, 5.41) is 3.33. The van der Waals surface area contributed by atoms with Crippen LogP contribution in [0.25, 0.3) is 0 Å². The number of halogens is 1. The van der Waals surface area contributed by atoms with Gasteiger partial charge in [-0.2, -0.15) is 0 Å². The summed E-state index contributed by atoms with van der Waals surface area (Å²) in [4.78, 5) is 6.80. The minimum atomic E-state index is 0.301. The summed E-state index contributed by atoms with van der Waals surface area (Å²) in [5.74, 6) is 0. The molecule has 2 rings (SSSR count). The Morgan fingerprint density at radius 1 is 1.29 bits per heavy atom. The minimum Gasteiger partial charge on any atom is -0.366 e. The fourth-order valence-electron chi connectivity index (χ4n) is 2.37. The van der Waals surface area contributed by atoms with Gasteiger partial charge in [-0.1, -0.05) is 22.0 Å². The van der Waals surface area contributed by atoms with E-state index in [-0.39, 0.29) is 0 Å². The zero-order valence-electron chi connectivity index (χ0n) is 12.8. The van der Waals surface area contributed by atoms with Crippen molar-refractivity contribution in [2.45, 2.75) is 26.4 Å². The zero-order chi connectivity index (χ0) is 15.2. The molecule has 0 saturated heterocycles. The van der Waals surface area contributed by atoms with Crippen LogP contribution in [0.4, 0.5) is 5.69 Å². The van der Waals surface area contributed by atoms with Crippen molar-refractivity contribution in [2.24, 2.45) is 0 Å². The average molecular weight is 348 g/mol. The normalized spacial score (nSPS) is 12.2. The molecule has 1 atom stereocenters. The molecule has 1 aromatic carbocycles. The van der Waals surface area contributed by atoms with Gasteiger partial charge in [-0.05, 0) is 56.8 Å². The summed E-state index contributed by atoms with van der Waals surface area (Å²) in [6.07, 6.45) is 1.85. The molecule has 3 nitrogen and oxygen atoms in total. The molecule has 1 unspecified atom stereocenters. The Morgan fingerprint density at radius 2 is 2.10 bits per heavy atom. The van der Waals surface area contributed by atoms with Gasteiger partial charge in [-0.15, -0.1) is 0 Å². The molecule has 1 heterocycles. The number of benzene rings is 1. The lowest BCUT2D eigenvalue weighted by Crippen LogP contribution is -2.25. The van der Waals surface area contributed by atoms with Crippen LogP contribution in [0.2, 0.25) is 0 Å². The average Bonchev–Trinajstić information content (AvgIpc) is 2.53. The first-order valence-electron chi connectivity index (χ1n) is 7.27. The first kappa shape index (κ1) is 16.0. The van der Waals surface area contributed by atoms with Gasteiger partial charge in [-0.25, -0.2) is 0 Å². The fraction of sp³-hybridized carbons (Fsp3) is 0.353. The van der Waals surface area contributed by atoms with E-state index in [0.717, 1.165) is 23.3 Å². The van der Waals surface area contributed by atoms with Crippen LogP contribution in [-0.4, -0.2) is 18.6 Å². The van der Waals surface area contributed by atoms with Crippen molar-refractivity contribution in [2.75, 3.05) is 18.5 Å². The molecule has 0 bridgehead atoms. The van der Waals surface area contributed by atoms with Crippen LogP contribution in [0.5, 0.6) is 0 Å². The first-order valence-corrected chi connectivity index (χ1v) is 8.06. The van der Waals surface area contributed by atoms with Crippen molar-refractivity contribution >= 4 is 21.6 Å². The summed E-state index contributed by atoms with van der Waals surface area (Å²) >= 11 is 3.57. The van der Waals surface area contributed by atoms with Crippen LogP contribution < -0.4 is 10.2 Å². The molecule has 2 aromatic rings. The molecular weight excluding hydrogens is 326 g/mol. The van der Waals surface area contributed by atoms with Gasteiger partial charge < -0.3 is 10.2 Å². The number of rotatable bonds is 6. The molecule has 0 aliphatic rings. The number of hydrogen-bond donors (Lipinski definition) is 1. The van der Waals surface area contributed by atoms with Crippen molar-refractivity contribution in [1.82, 2.24) is 10.3 Å². The van der Waals surface area contributed by atoms with E-state index in [1.54, 1.807) is 0 Å². The van der Waals surface area contributed by atoms with E-state index < -0.39 is 0 Å². The van der Waals surface area contributed by atoms with Crippen LogP contribution in [-0.2, 0) is 6.54 Å². The summed E-state index contributed by atoms with van der Waals surface area (Å²) in [6.45, 7) is 6.13. The lowest BCUT2D eigenvalue weighted by atomic mass is 10.0. The Morgan fingerprint density at radius 3 is 2.71 bits per heavy atom. The third kappa shape index (κ3) is 4.05. The number of anilines is 1. The van der Waals surface area contributed by atoms with Crippen LogP contribution >= 0.6 is 15.9 Å². The Labute approximate surface area is 135 Å². The highest BCUT2D eigenvalue weighted by molar-refractivity contribution is 9.10.